The molecule has 0 spiro atoms. The molecule has 1 aliphatic rings. The molecule has 108 valence electrons. The SMILES string of the molecule is CCCCCC(C)Nc1cnn(CC2CCCO2)c1. The Morgan fingerprint density at radius 1 is 1.53 bits per heavy atom. The summed E-state index contributed by atoms with van der Waals surface area (Å²) in [5, 5.41) is 7.93. The van der Waals surface area contributed by atoms with E-state index in [1.54, 1.807) is 0 Å². The van der Waals surface area contributed by atoms with Crippen LogP contribution in [0.5, 0.6) is 0 Å². The Labute approximate surface area is 116 Å². The Morgan fingerprint density at radius 3 is 3.16 bits per heavy atom. The maximum Gasteiger partial charge on any atom is 0.0771 e. The minimum atomic E-state index is 0.356. The first-order valence-corrected chi connectivity index (χ1v) is 7.68. The number of nitrogens with one attached hydrogen (secondary N) is 1. The third-order valence-electron chi connectivity index (χ3n) is 3.70. The molecule has 4 nitrogen and oxygen atoms in total. The van der Waals surface area contributed by atoms with Gasteiger partial charge in [-0.25, -0.2) is 0 Å². The van der Waals surface area contributed by atoms with Crippen LogP contribution in [0.15, 0.2) is 12.4 Å². The van der Waals surface area contributed by atoms with Crippen LogP contribution < -0.4 is 5.32 Å². The topological polar surface area (TPSA) is 39.1 Å². The van der Waals surface area contributed by atoms with Gasteiger partial charge in [-0.15, -0.1) is 0 Å². The van der Waals surface area contributed by atoms with Crippen molar-refractivity contribution in [2.24, 2.45) is 0 Å². The van der Waals surface area contributed by atoms with E-state index in [2.05, 4.69) is 30.5 Å². The zero-order valence-electron chi connectivity index (χ0n) is 12.3. The minimum Gasteiger partial charge on any atom is -0.380 e. The van der Waals surface area contributed by atoms with E-state index >= 15 is 0 Å². The van der Waals surface area contributed by atoms with Gasteiger partial charge in [0.25, 0.3) is 0 Å². The summed E-state index contributed by atoms with van der Waals surface area (Å²) < 4.78 is 7.63. The van der Waals surface area contributed by atoms with Gasteiger partial charge in [0.1, 0.15) is 0 Å². The molecule has 2 atom stereocenters. The van der Waals surface area contributed by atoms with E-state index in [1.165, 1.54) is 32.1 Å². The van der Waals surface area contributed by atoms with Crippen molar-refractivity contribution in [3.05, 3.63) is 12.4 Å². The molecule has 2 unspecified atom stereocenters. The summed E-state index contributed by atoms with van der Waals surface area (Å²) in [6.07, 6.45) is 11.9. The molecule has 4 heteroatoms. The van der Waals surface area contributed by atoms with E-state index in [-0.39, 0.29) is 0 Å². The Morgan fingerprint density at radius 2 is 2.42 bits per heavy atom. The summed E-state index contributed by atoms with van der Waals surface area (Å²) in [4.78, 5) is 0. The smallest absolute Gasteiger partial charge is 0.0771 e. The lowest BCUT2D eigenvalue weighted by atomic mass is 10.1. The summed E-state index contributed by atoms with van der Waals surface area (Å²) in [7, 11) is 0. The van der Waals surface area contributed by atoms with Gasteiger partial charge < -0.3 is 10.1 Å². The molecule has 1 N–H and O–H groups in total. The minimum absolute atomic E-state index is 0.356. The highest BCUT2D eigenvalue weighted by Crippen LogP contribution is 2.16. The van der Waals surface area contributed by atoms with Crippen LogP contribution in [0.4, 0.5) is 5.69 Å². The van der Waals surface area contributed by atoms with E-state index < -0.39 is 0 Å². The van der Waals surface area contributed by atoms with Gasteiger partial charge in [0.15, 0.2) is 0 Å². The zero-order chi connectivity index (χ0) is 13.5. The predicted octanol–water partition coefficient (Wildman–Crippen LogP) is 3.44. The van der Waals surface area contributed by atoms with Gasteiger partial charge in [-0.1, -0.05) is 26.2 Å². The van der Waals surface area contributed by atoms with Gasteiger partial charge >= 0.3 is 0 Å². The summed E-state index contributed by atoms with van der Waals surface area (Å²) in [5.74, 6) is 0. The quantitative estimate of drug-likeness (QED) is 0.732. The molecule has 0 bridgehead atoms. The molecule has 0 amide bonds. The Balaban J connectivity index is 1.73. The average Bonchev–Trinajstić information content (AvgIpc) is 3.02. The summed E-state index contributed by atoms with van der Waals surface area (Å²) in [6, 6.07) is 0.520. The van der Waals surface area contributed by atoms with Crippen LogP contribution in [0.1, 0.15) is 52.4 Å². The van der Waals surface area contributed by atoms with Crippen molar-refractivity contribution >= 4 is 5.69 Å². The number of hydrogen-bond donors (Lipinski definition) is 1. The van der Waals surface area contributed by atoms with Crippen LogP contribution >= 0.6 is 0 Å². The fourth-order valence-corrected chi connectivity index (χ4v) is 2.59. The normalized spacial score (nSPS) is 20.6. The van der Waals surface area contributed by atoms with Crippen molar-refractivity contribution in [1.29, 1.82) is 0 Å². The lowest BCUT2D eigenvalue weighted by Gasteiger charge is -2.13. The molecular formula is C15H27N3O. The summed E-state index contributed by atoms with van der Waals surface area (Å²) in [6.45, 7) is 6.28. The molecule has 1 saturated heterocycles. The van der Waals surface area contributed by atoms with Crippen LogP contribution in [-0.4, -0.2) is 28.5 Å². The van der Waals surface area contributed by atoms with Crippen LogP contribution in [0, 0.1) is 0 Å². The molecular weight excluding hydrogens is 238 g/mol. The molecule has 2 heterocycles. The van der Waals surface area contributed by atoms with Gasteiger partial charge in [-0.2, -0.15) is 5.10 Å². The van der Waals surface area contributed by atoms with E-state index in [1.807, 2.05) is 10.9 Å². The lowest BCUT2D eigenvalue weighted by molar-refractivity contribution is 0.0940. The number of ether oxygens (including phenoxy) is 1. The second kappa shape index (κ2) is 7.53. The number of aromatic nitrogens is 2. The summed E-state index contributed by atoms with van der Waals surface area (Å²) >= 11 is 0. The van der Waals surface area contributed by atoms with Crippen LogP contribution in [0.3, 0.4) is 0 Å². The van der Waals surface area contributed by atoms with Gasteiger partial charge in [0, 0.05) is 18.8 Å². The fourth-order valence-electron chi connectivity index (χ4n) is 2.59. The Hall–Kier alpha value is -1.03. The molecule has 1 fully saturated rings. The maximum atomic E-state index is 5.63. The van der Waals surface area contributed by atoms with Crippen molar-refractivity contribution in [3.63, 3.8) is 0 Å². The van der Waals surface area contributed by atoms with Crippen molar-refractivity contribution in [3.8, 4) is 0 Å². The number of hydrogen-bond acceptors (Lipinski definition) is 3. The largest absolute Gasteiger partial charge is 0.380 e. The highest BCUT2D eigenvalue weighted by Gasteiger charge is 2.16. The second-order valence-corrected chi connectivity index (χ2v) is 5.63. The van der Waals surface area contributed by atoms with E-state index in [0.29, 0.717) is 12.1 Å². The van der Waals surface area contributed by atoms with Crippen molar-refractivity contribution in [2.75, 3.05) is 11.9 Å². The molecule has 19 heavy (non-hydrogen) atoms. The first-order valence-electron chi connectivity index (χ1n) is 7.68. The zero-order valence-corrected chi connectivity index (χ0v) is 12.3. The number of anilines is 1. The molecule has 0 saturated carbocycles. The van der Waals surface area contributed by atoms with Crippen molar-refractivity contribution in [2.45, 2.75) is 71.1 Å². The Bertz CT molecular complexity index is 358. The van der Waals surface area contributed by atoms with Gasteiger partial charge in [-0.05, 0) is 26.2 Å². The number of rotatable bonds is 8. The molecule has 0 aromatic carbocycles. The van der Waals surface area contributed by atoms with E-state index in [4.69, 9.17) is 4.74 Å². The second-order valence-electron chi connectivity index (χ2n) is 5.63. The van der Waals surface area contributed by atoms with Gasteiger partial charge in [-0.3, -0.25) is 4.68 Å². The molecule has 0 aliphatic carbocycles. The first-order chi connectivity index (χ1) is 9.28. The van der Waals surface area contributed by atoms with E-state index in [0.717, 1.165) is 25.3 Å². The van der Waals surface area contributed by atoms with Crippen LogP contribution in [0.25, 0.3) is 0 Å². The van der Waals surface area contributed by atoms with Gasteiger partial charge in [0.2, 0.25) is 0 Å². The monoisotopic (exact) mass is 265 g/mol. The van der Waals surface area contributed by atoms with Crippen molar-refractivity contribution < 1.29 is 4.74 Å². The predicted molar refractivity (Wildman–Crippen MR) is 78.4 cm³/mol. The standard InChI is InChI=1S/C15H27N3O/c1-3-4-5-7-13(2)17-14-10-16-18(11-14)12-15-8-6-9-19-15/h10-11,13,15,17H,3-9,12H2,1-2H3. The third kappa shape index (κ3) is 4.86. The lowest BCUT2D eigenvalue weighted by Crippen LogP contribution is -2.16. The molecule has 2 rings (SSSR count). The maximum absolute atomic E-state index is 5.63. The number of nitrogens with zero attached hydrogens (tertiary/aromatic N) is 2. The first kappa shape index (κ1) is 14.4. The average molecular weight is 265 g/mol. The third-order valence-corrected chi connectivity index (χ3v) is 3.70. The highest BCUT2D eigenvalue weighted by molar-refractivity contribution is 5.39. The summed E-state index contributed by atoms with van der Waals surface area (Å²) in [5.41, 5.74) is 1.13. The number of unbranched alkanes of at least 4 members (excludes halogenated alkanes) is 2. The highest BCUT2D eigenvalue weighted by atomic mass is 16.5. The Kier molecular flexibility index (Phi) is 5.70. The van der Waals surface area contributed by atoms with Crippen LogP contribution in [-0.2, 0) is 11.3 Å². The molecule has 0 radical (unpaired) electrons. The molecule has 1 aromatic rings. The van der Waals surface area contributed by atoms with E-state index in [9.17, 15) is 0 Å². The molecule has 1 aliphatic heterocycles. The fraction of sp³-hybridized carbons (Fsp3) is 0.800. The van der Waals surface area contributed by atoms with Crippen molar-refractivity contribution in [1.82, 2.24) is 9.78 Å². The molecule has 1 aromatic heterocycles. The van der Waals surface area contributed by atoms with Gasteiger partial charge in [0.05, 0.1) is 24.5 Å². The van der Waals surface area contributed by atoms with Crippen LogP contribution in [0.2, 0.25) is 0 Å².